The van der Waals surface area contributed by atoms with E-state index in [0.29, 0.717) is 24.8 Å². The summed E-state index contributed by atoms with van der Waals surface area (Å²) in [7, 11) is 0. The van der Waals surface area contributed by atoms with E-state index in [1.807, 2.05) is 39.0 Å². The average Bonchev–Trinajstić information content (AvgIpc) is 3.45. The first kappa shape index (κ1) is 20.6. The first-order valence-corrected chi connectivity index (χ1v) is 10.2. The summed E-state index contributed by atoms with van der Waals surface area (Å²) in [5, 5.41) is 3.53. The highest BCUT2D eigenvalue weighted by Gasteiger charge is 2.35. The Morgan fingerprint density at radius 2 is 2.00 bits per heavy atom. The predicted octanol–water partition coefficient (Wildman–Crippen LogP) is 2.59. The average molecular weight is 389 g/mol. The van der Waals surface area contributed by atoms with Gasteiger partial charge in [0, 0.05) is 38.5 Å². The van der Waals surface area contributed by atoms with Crippen molar-refractivity contribution >= 4 is 23.4 Å². The van der Waals surface area contributed by atoms with Crippen LogP contribution in [0.5, 0.6) is 0 Å². The van der Waals surface area contributed by atoms with Gasteiger partial charge in [-0.05, 0) is 51.3 Å². The van der Waals surface area contributed by atoms with Crippen molar-refractivity contribution in [2.24, 2.45) is 5.73 Å². The minimum Gasteiger partial charge on any atom is -0.446 e. The highest BCUT2D eigenvalue weighted by Crippen LogP contribution is 2.38. The number of nitrogens with two attached hydrogens (primary N) is 1. The molecule has 7 nitrogen and oxygen atoms in total. The molecule has 0 radical (unpaired) electrons. The maximum Gasteiger partial charge on any atom is 0.414 e. The molecule has 0 saturated heterocycles. The fourth-order valence-electron chi connectivity index (χ4n) is 3.75. The van der Waals surface area contributed by atoms with E-state index in [1.54, 1.807) is 16.7 Å². The topological polar surface area (TPSA) is 87.9 Å². The molecule has 2 atom stereocenters. The van der Waals surface area contributed by atoms with Crippen LogP contribution in [0, 0.1) is 0 Å². The van der Waals surface area contributed by atoms with E-state index in [1.165, 1.54) is 12.8 Å². The SMILES string of the molecule is CC(=O)N1c2ccc(C(CN)CNC3CC3)cc2N(C(=O)OC(C)C)C[C@@H]1C. The van der Waals surface area contributed by atoms with Crippen LogP contribution in [0.15, 0.2) is 18.2 Å². The minimum atomic E-state index is -0.385. The number of anilines is 2. The second-order valence-corrected chi connectivity index (χ2v) is 8.14. The number of nitrogens with zero attached hydrogens (tertiary/aromatic N) is 2. The third kappa shape index (κ3) is 4.47. The number of carbonyl (C=O) groups excluding carboxylic acids is 2. The molecule has 1 aromatic carbocycles. The van der Waals surface area contributed by atoms with Gasteiger partial charge in [-0.15, -0.1) is 0 Å². The molecule has 28 heavy (non-hydrogen) atoms. The lowest BCUT2D eigenvalue weighted by Gasteiger charge is -2.40. The van der Waals surface area contributed by atoms with Crippen molar-refractivity contribution in [2.45, 2.75) is 64.6 Å². The van der Waals surface area contributed by atoms with Crippen LogP contribution in [0.4, 0.5) is 16.2 Å². The largest absolute Gasteiger partial charge is 0.446 e. The molecule has 1 fully saturated rings. The van der Waals surface area contributed by atoms with Crippen LogP contribution < -0.4 is 20.9 Å². The molecule has 154 valence electrons. The van der Waals surface area contributed by atoms with Crippen LogP contribution in [0.1, 0.15) is 52.0 Å². The van der Waals surface area contributed by atoms with Crippen molar-refractivity contribution in [3.8, 4) is 0 Å². The van der Waals surface area contributed by atoms with E-state index in [0.717, 1.165) is 17.8 Å². The number of carbonyl (C=O) groups is 2. The quantitative estimate of drug-likeness (QED) is 0.782. The Hall–Kier alpha value is -2.12. The fourth-order valence-corrected chi connectivity index (χ4v) is 3.75. The highest BCUT2D eigenvalue weighted by molar-refractivity contribution is 6.02. The number of nitrogens with one attached hydrogen (secondary N) is 1. The monoisotopic (exact) mass is 388 g/mol. The van der Waals surface area contributed by atoms with E-state index in [-0.39, 0.29) is 30.1 Å². The summed E-state index contributed by atoms with van der Waals surface area (Å²) in [6.45, 7) is 8.88. The summed E-state index contributed by atoms with van der Waals surface area (Å²) in [5.41, 5.74) is 8.55. The van der Waals surface area contributed by atoms with Crippen LogP contribution in [-0.4, -0.2) is 49.8 Å². The van der Waals surface area contributed by atoms with Gasteiger partial charge in [-0.25, -0.2) is 4.79 Å². The van der Waals surface area contributed by atoms with Crippen LogP contribution in [0.2, 0.25) is 0 Å². The van der Waals surface area contributed by atoms with Gasteiger partial charge in [-0.2, -0.15) is 0 Å². The van der Waals surface area contributed by atoms with Gasteiger partial charge in [0.05, 0.1) is 23.5 Å². The summed E-state index contributed by atoms with van der Waals surface area (Å²) >= 11 is 0. The molecule has 1 saturated carbocycles. The summed E-state index contributed by atoms with van der Waals surface area (Å²) in [5.74, 6) is 0.114. The molecular formula is C21H32N4O3. The van der Waals surface area contributed by atoms with Crippen molar-refractivity contribution < 1.29 is 14.3 Å². The predicted molar refractivity (Wildman–Crippen MR) is 111 cm³/mol. The van der Waals surface area contributed by atoms with Crippen LogP contribution >= 0.6 is 0 Å². The van der Waals surface area contributed by atoms with Gasteiger partial charge in [-0.3, -0.25) is 9.69 Å². The molecule has 3 rings (SSSR count). The van der Waals surface area contributed by atoms with Crippen LogP contribution in [0.3, 0.4) is 0 Å². The lowest BCUT2D eigenvalue weighted by molar-refractivity contribution is -0.117. The van der Waals surface area contributed by atoms with Gasteiger partial charge in [0.1, 0.15) is 0 Å². The number of benzene rings is 1. The molecular weight excluding hydrogens is 356 g/mol. The summed E-state index contributed by atoms with van der Waals surface area (Å²) in [6.07, 6.45) is 1.85. The van der Waals surface area contributed by atoms with E-state index >= 15 is 0 Å². The van der Waals surface area contributed by atoms with E-state index < -0.39 is 0 Å². The second kappa shape index (κ2) is 8.49. The summed E-state index contributed by atoms with van der Waals surface area (Å²) in [4.78, 5) is 28.4. The lowest BCUT2D eigenvalue weighted by atomic mass is 9.96. The van der Waals surface area contributed by atoms with Gasteiger partial charge >= 0.3 is 6.09 Å². The van der Waals surface area contributed by atoms with Gasteiger partial charge in [0.15, 0.2) is 0 Å². The smallest absolute Gasteiger partial charge is 0.414 e. The molecule has 1 unspecified atom stereocenters. The zero-order valence-corrected chi connectivity index (χ0v) is 17.3. The molecule has 2 amide bonds. The van der Waals surface area contributed by atoms with Crippen molar-refractivity contribution in [3.63, 3.8) is 0 Å². The molecule has 2 aliphatic rings. The first-order valence-electron chi connectivity index (χ1n) is 10.2. The Morgan fingerprint density at radius 1 is 1.29 bits per heavy atom. The number of ether oxygens (including phenoxy) is 1. The second-order valence-electron chi connectivity index (χ2n) is 8.14. The Balaban J connectivity index is 1.95. The number of fused-ring (bicyclic) bond motifs is 1. The van der Waals surface area contributed by atoms with E-state index in [2.05, 4.69) is 5.32 Å². The van der Waals surface area contributed by atoms with Gasteiger partial charge in [0.25, 0.3) is 0 Å². The van der Waals surface area contributed by atoms with E-state index in [9.17, 15) is 9.59 Å². The molecule has 1 aromatic rings. The minimum absolute atomic E-state index is 0.0378. The normalized spacial score (nSPS) is 20.1. The number of rotatable bonds is 6. The molecule has 3 N–H and O–H groups in total. The Labute approximate surface area is 167 Å². The molecule has 0 spiro atoms. The zero-order chi connectivity index (χ0) is 20.4. The van der Waals surface area contributed by atoms with Gasteiger partial charge in [0.2, 0.25) is 5.91 Å². The van der Waals surface area contributed by atoms with Gasteiger partial charge < -0.3 is 20.7 Å². The Kier molecular flexibility index (Phi) is 6.25. The van der Waals surface area contributed by atoms with Crippen molar-refractivity contribution in [3.05, 3.63) is 23.8 Å². The Morgan fingerprint density at radius 3 is 2.57 bits per heavy atom. The third-order valence-corrected chi connectivity index (χ3v) is 5.32. The maximum atomic E-state index is 12.7. The highest BCUT2D eigenvalue weighted by atomic mass is 16.6. The lowest BCUT2D eigenvalue weighted by Crippen LogP contribution is -2.51. The van der Waals surface area contributed by atoms with Crippen LogP contribution in [-0.2, 0) is 9.53 Å². The van der Waals surface area contributed by atoms with Gasteiger partial charge in [-0.1, -0.05) is 6.07 Å². The fraction of sp³-hybridized carbons (Fsp3) is 0.619. The van der Waals surface area contributed by atoms with Crippen molar-refractivity contribution in [1.82, 2.24) is 5.32 Å². The molecule has 0 bridgehead atoms. The number of hydrogen-bond donors (Lipinski definition) is 2. The molecule has 1 heterocycles. The Bertz CT molecular complexity index is 732. The summed E-state index contributed by atoms with van der Waals surface area (Å²) < 4.78 is 5.45. The van der Waals surface area contributed by atoms with E-state index in [4.69, 9.17) is 10.5 Å². The molecule has 1 aliphatic heterocycles. The zero-order valence-electron chi connectivity index (χ0n) is 17.3. The molecule has 1 aliphatic carbocycles. The maximum absolute atomic E-state index is 12.7. The molecule has 7 heteroatoms. The molecule has 0 aromatic heterocycles. The van der Waals surface area contributed by atoms with Crippen molar-refractivity contribution in [2.75, 3.05) is 29.4 Å². The van der Waals surface area contributed by atoms with Crippen LogP contribution in [0.25, 0.3) is 0 Å². The number of amides is 2. The number of hydrogen-bond acceptors (Lipinski definition) is 5. The standard InChI is InChI=1S/C21H32N4O3/c1-13(2)28-21(27)24-12-14(3)25(15(4)26)19-8-5-16(9-20(19)24)17(10-22)11-23-18-6-7-18/h5,8-9,13-14,17-18,23H,6-7,10-12,22H2,1-4H3/t14-,17?/m0/s1. The first-order chi connectivity index (χ1) is 13.3. The summed E-state index contributed by atoms with van der Waals surface area (Å²) in [6, 6.07) is 6.42. The third-order valence-electron chi connectivity index (χ3n) is 5.32. The van der Waals surface area contributed by atoms with Crippen molar-refractivity contribution in [1.29, 1.82) is 0 Å².